The minimum Gasteiger partial charge on any atom is -0.481 e. The van der Waals surface area contributed by atoms with Gasteiger partial charge in [0.05, 0.1) is 0 Å². The monoisotopic (exact) mass is 240 g/mol. The Labute approximate surface area is 89.3 Å². The lowest BCUT2D eigenvalue weighted by molar-refractivity contribution is -0.236. The van der Waals surface area contributed by atoms with Crippen molar-refractivity contribution in [3.05, 3.63) is 0 Å². The van der Waals surface area contributed by atoms with E-state index in [1.807, 2.05) is 0 Å². The second kappa shape index (κ2) is 4.31. The van der Waals surface area contributed by atoms with E-state index in [0.29, 0.717) is 6.42 Å². The standard InChI is InChI=1S/C9H11F3O4/c10-9(11,7(15)16-12)8(6(13)14)4-2-1-3-5-8/h1-5H2,(H,13,14). The SMILES string of the molecule is O=C(OF)C(F)(F)C1(C(=O)O)CCCCC1. The van der Waals surface area contributed by atoms with Crippen molar-refractivity contribution in [1.29, 1.82) is 0 Å². The van der Waals surface area contributed by atoms with Gasteiger partial charge in [0, 0.05) is 4.53 Å². The van der Waals surface area contributed by atoms with Crippen molar-refractivity contribution in [2.45, 2.75) is 38.0 Å². The van der Waals surface area contributed by atoms with Crippen LogP contribution in [0.2, 0.25) is 0 Å². The minimum absolute atomic E-state index is 0.265. The molecule has 92 valence electrons. The highest BCUT2D eigenvalue weighted by Gasteiger charge is 2.65. The van der Waals surface area contributed by atoms with Crippen LogP contribution in [0, 0.1) is 5.41 Å². The van der Waals surface area contributed by atoms with Crippen LogP contribution in [0.1, 0.15) is 32.1 Å². The van der Waals surface area contributed by atoms with E-state index in [-0.39, 0.29) is 25.7 Å². The molecular formula is C9H11F3O4. The largest absolute Gasteiger partial charge is 0.481 e. The third kappa shape index (κ3) is 1.74. The smallest absolute Gasteiger partial charge is 0.418 e. The number of alkyl halides is 2. The Kier molecular flexibility index (Phi) is 3.44. The predicted molar refractivity (Wildman–Crippen MR) is 45.3 cm³/mol. The number of hydrogen-bond acceptors (Lipinski definition) is 3. The number of carbonyl (C=O) groups excluding carboxylic acids is 1. The average molecular weight is 240 g/mol. The van der Waals surface area contributed by atoms with Crippen LogP contribution in [0.25, 0.3) is 0 Å². The molecule has 0 radical (unpaired) electrons. The van der Waals surface area contributed by atoms with E-state index in [1.165, 1.54) is 0 Å². The molecule has 0 amide bonds. The van der Waals surface area contributed by atoms with Gasteiger partial charge in [0.1, 0.15) is 5.41 Å². The van der Waals surface area contributed by atoms with Crippen molar-refractivity contribution < 1.29 is 32.9 Å². The first-order valence-corrected chi connectivity index (χ1v) is 4.83. The molecule has 0 aliphatic heterocycles. The van der Waals surface area contributed by atoms with E-state index in [4.69, 9.17) is 5.11 Å². The molecule has 0 heterocycles. The van der Waals surface area contributed by atoms with E-state index in [2.05, 4.69) is 4.94 Å². The van der Waals surface area contributed by atoms with E-state index < -0.39 is 23.3 Å². The van der Waals surface area contributed by atoms with Gasteiger partial charge < -0.3 is 5.11 Å². The predicted octanol–water partition coefficient (Wildman–Crippen LogP) is 2.08. The molecule has 0 aromatic heterocycles. The topological polar surface area (TPSA) is 63.6 Å². The molecular weight excluding hydrogens is 229 g/mol. The van der Waals surface area contributed by atoms with Crippen molar-refractivity contribution in [1.82, 2.24) is 0 Å². The van der Waals surface area contributed by atoms with Crippen LogP contribution in [0.3, 0.4) is 0 Å². The number of halogens is 3. The summed E-state index contributed by atoms with van der Waals surface area (Å²) in [7, 11) is 0. The Morgan fingerprint density at radius 1 is 1.19 bits per heavy atom. The zero-order valence-electron chi connectivity index (χ0n) is 8.34. The molecule has 0 saturated heterocycles. The number of hydrogen-bond donors (Lipinski definition) is 1. The maximum atomic E-state index is 13.5. The Balaban J connectivity index is 3.09. The average Bonchev–Trinajstić information content (AvgIpc) is 2.28. The third-order valence-corrected chi connectivity index (χ3v) is 3.04. The normalized spacial score (nSPS) is 20.2. The number of carboxylic acids is 1. The summed E-state index contributed by atoms with van der Waals surface area (Å²) < 4.78 is 38.6. The summed E-state index contributed by atoms with van der Waals surface area (Å²) >= 11 is 0. The Hall–Kier alpha value is -1.27. The molecule has 4 nitrogen and oxygen atoms in total. The maximum absolute atomic E-state index is 13.5. The lowest BCUT2D eigenvalue weighted by Crippen LogP contribution is -2.53. The van der Waals surface area contributed by atoms with Crippen LogP contribution in [0.4, 0.5) is 13.3 Å². The van der Waals surface area contributed by atoms with Crippen molar-refractivity contribution in [2.75, 3.05) is 0 Å². The molecule has 0 unspecified atom stereocenters. The van der Waals surface area contributed by atoms with Gasteiger partial charge >= 0.3 is 17.9 Å². The van der Waals surface area contributed by atoms with Crippen molar-refractivity contribution >= 4 is 11.9 Å². The molecule has 0 atom stereocenters. The molecule has 0 aromatic rings. The fourth-order valence-electron chi connectivity index (χ4n) is 2.06. The summed E-state index contributed by atoms with van der Waals surface area (Å²) in [4.78, 5) is 24.1. The quantitative estimate of drug-likeness (QED) is 0.820. The highest BCUT2D eigenvalue weighted by Crippen LogP contribution is 2.48. The van der Waals surface area contributed by atoms with Crippen molar-refractivity contribution in [2.24, 2.45) is 5.41 Å². The lowest BCUT2D eigenvalue weighted by Gasteiger charge is -2.36. The fourth-order valence-corrected chi connectivity index (χ4v) is 2.06. The van der Waals surface area contributed by atoms with E-state index >= 15 is 0 Å². The summed E-state index contributed by atoms with van der Waals surface area (Å²) in [6, 6.07) is 0. The zero-order chi connectivity index (χ0) is 12.4. The number of carbonyl (C=O) groups is 2. The molecule has 1 rings (SSSR count). The van der Waals surface area contributed by atoms with Gasteiger partial charge in [-0.1, -0.05) is 19.3 Å². The summed E-state index contributed by atoms with van der Waals surface area (Å²) in [6.07, 6.45) is 0.438. The van der Waals surface area contributed by atoms with Crippen molar-refractivity contribution in [3.8, 4) is 0 Å². The third-order valence-electron chi connectivity index (χ3n) is 3.04. The van der Waals surface area contributed by atoms with Gasteiger partial charge in [0.25, 0.3) is 0 Å². The van der Waals surface area contributed by atoms with E-state index in [1.54, 1.807) is 0 Å². The second-order valence-electron chi connectivity index (χ2n) is 3.89. The molecule has 1 saturated carbocycles. The Morgan fingerprint density at radius 2 is 1.69 bits per heavy atom. The highest BCUT2D eigenvalue weighted by molar-refractivity contribution is 5.88. The molecule has 0 aromatic carbocycles. The molecule has 1 fully saturated rings. The van der Waals surface area contributed by atoms with E-state index in [9.17, 15) is 22.9 Å². The van der Waals surface area contributed by atoms with Crippen LogP contribution in [0.5, 0.6) is 0 Å². The Morgan fingerprint density at radius 3 is 2.06 bits per heavy atom. The molecule has 16 heavy (non-hydrogen) atoms. The molecule has 7 heteroatoms. The first kappa shape index (κ1) is 12.8. The first-order valence-electron chi connectivity index (χ1n) is 4.83. The maximum Gasteiger partial charge on any atom is 0.418 e. The van der Waals surface area contributed by atoms with E-state index in [0.717, 1.165) is 0 Å². The summed E-state index contributed by atoms with van der Waals surface area (Å²) in [5.41, 5.74) is -2.53. The molecule has 1 aliphatic rings. The summed E-state index contributed by atoms with van der Waals surface area (Å²) in [6.45, 7) is 0. The summed E-state index contributed by atoms with van der Waals surface area (Å²) in [5, 5.41) is 8.86. The first-order chi connectivity index (χ1) is 7.38. The Bertz CT molecular complexity index is 297. The minimum atomic E-state index is -4.34. The van der Waals surface area contributed by atoms with Crippen LogP contribution < -0.4 is 0 Å². The van der Waals surface area contributed by atoms with Gasteiger partial charge in [-0.3, -0.25) is 4.79 Å². The number of aliphatic carboxylic acids is 1. The zero-order valence-corrected chi connectivity index (χ0v) is 8.34. The van der Waals surface area contributed by atoms with Gasteiger partial charge in [-0.15, -0.1) is 0 Å². The lowest BCUT2D eigenvalue weighted by atomic mass is 9.69. The molecule has 0 spiro atoms. The summed E-state index contributed by atoms with van der Waals surface area (Å²) in [5.74, 6) is -8.56. The highest BCUT2D eigenvalue weighted by atomic mass is 19.3. The van der Waals surface area contributed by atoms with Crippen LogP contribution >= 0.6 is 0 Å². The van der Waals surface area contributed by atoms with Gasteiger partial charge in [-0.25, -0.2) is 9.74 Å². The molecule has 1 N–H and O–H groups in total. The van der Waals surface area contributed by atoms with Gasteiger partial charge in [0.15, 0.2) is 0 Å². The van der Waals surface area contributed by atoms with Crippen molar-refractivity contribution in [3.63, 3.8) is 0 Å². The van der Waals surface area contributed by atoms with Gasteiger partial charge in [0.2, 0.25) is 0 Å². The van der Waals surface area contributed by atoms with Gasteiger partial charge in [-0.2, -0.15) is 8.78 Å². The molecule has 1 aliphatic carbocycles. The van der Waals surface area contributed by atoms with Crippen LogP contribution in [-0.2, 0) is 14.5 Å². The number of rotatable bonds is 3. The number of carboxylic acid groups (broad SMARTS) is 1. The van der Waals surface area contributed by atoms with Gasteiger partial charge in [-0.05, 0) is 12.8 Å². The van der Waals surface area contributed by atoms with Crippen LogP contribution in [-0.4, -0.2) is 23.0 Å². The fraction of sp³-hybridized carbons (Fsp3) is 0.778. The molecule has 0 bridgehead atoms. The second-order valence-corrected chi connectivity index (χ2v) is 3.89. The van der Waals surface area contributed by atoms with Crippen LogP contribution in [0.15, 0.2) is 0 Å².